The molecule has 0 aliphatic heterocycles. The average molecular weight is 470 g/mol. The maximum atomic E-state index is 2.90. The summed E-state index contributed by atoms with van der Waals surface area (Å²) in [4.78, 5) is 0. The van der Waals surface area contributed by atoms with Gasteiger partial charge in [0.2, 0.25) is 0 Å². The maximum absolute atomic E-state index is 2.90. The van der Waals surface area contributed by atoms with E-state index in [4.69, 9.17) is 0 Å². The molecule has 4 aromatic rings. The van der Waals surface area contributed by atoms with Gasteiger partial charge in [0.15, 0.2) is 0 Å². The fraction of sp³-hybridized carbons (Fsp3) is 0.375. The Hall–Kier alpha value is -2.21. The summed E-state index contributed by atoms with van der Waals surface area (Å²) in [6.07, 6.45) is 7.85. The molecule has 34 heavy (non-hydrogen) atoms. The van der Waals surface area contributed by atoms with Gasteiger partial charge in [-0.3, -0.25) is 4.67 Å². The van der Waals surface area contributed by atoms with Crippen LogP contribution in [0.4, 0.5) is 0 Å². The lowest BCUT2D eigenvalue weighted by atomic mass is 9.99. The maximum Gasteiger partial charge on any atom is 0.0363 e. The molecule has 0 radical (unpaired) electrons. The van der Waals surface area contributed by atoms with Crippen LogP contribution in [0, 0.1) is 0 Å². The Balaban J connectivity index is 1.74. The van der Waals surface area contributed by atoms with E-state index in [1.807, 2.05) is 0 Å². The lowest BCUT2D eigenvalue weighted by Crippen LogP contribution is -2.27. The monoisotopic (exact) mass is 469 g/mol. The highest BCUT2D eigenvalue weighted by atomic mass is 31.1. The Kier molecular flexibility index (Phi) is 8.76. The van der Waals surface area contributed by atoms with Crippen molar-refractivity contribution in [3.63, 3.8) is 0 Å². The fourth-order valence-electron chi connectivity index (χ4n) is 5.09. The molecule has 0 aliphatic carbocycles. The minimum atomic E-state index is -0.215. The summed E-state index contributed by atoms with van der Waals surface area (Å²) >= 11 is 0. The Morgan fingerprint density at radius 2 is 1.00 bits per heavy atom. The molecule has 4 rings (SSSR count). The highest BCUT2D eigenvalue weighted by Gasteiger charge is 2.29. The third-order valence-corrected chi connectivity index (χ3v) is 10.2. The van der Waals surface area contributed by atoms with E-state index in [1.54, 1.807) is 0 Å². The zero-order valence-electron chi connectivity index (χ0n) is 21.4. The van der Waals surface area contributed by atoms with E-state index in [9.17, 15) is 0 Å². The molecule has 0 unspecified atom stereocenters. The molecule has 0 aliphatic rings. The zero-order chi connectivity index (χ0) is 23.9. The summed E-state index contributed by atoms with van der Waals surface area (Å²) in [5.74, 6) is 0. The summed E-state index contributed by atoms with van der Waals surface area (Å²) in [5.41, 5.74) is 2.87. The van der Waals surface area contributed by atoms with Crippen molar-refractivity contribution in [2.24, 2.45) is 0 Å². The highest BCUT2D eigenvalue weighted by Crippen LogP contribution is 2.52. The van der Waals surface area contributed by atoms with Crippen LogP contribution in [0.25, 0.3) is 21.5 Å². The molecule has 0 amide bonds. The summed E-state index contributed by atoms with van der Waals surface area (Å²) in [6.45, 7) is 9.54. The van der Waals surface area contributed by atoms with E-state index in [0.717, 1.165) is 0 Å². The Bertz CT molecular complexity index is 1110. The van der Waals surface area contributed by atoms with E-state index >= 15 is 0 Å². The van der Waals surface area contributed by atoms with Crippen molar-refractivity contribution in [1.29, 1.82) is 0 Å². The molecule has 2 heteroatoms. The Morgan fingerprint density at radius 1 is 0.588 bits per heavy atom. The average Bonchev–Trinajstić information content (AvgIpc) is 2.89. The van der Waals surface area contributed by atoms with Crippen LogP contribution >= 0.6 is 8.07 Å². The smallest absolute Gasteiger partial charge is 0.0363 e. The van der Waals surface area contributed by atoms with Crippen molar-refractivity contribution in [3.05, 3.63) is 96.1 Å². The van der Waals surface area contributed by atoms with E-state index < -0.39 is 0 Å². The molecule has 0 N–H and O–H groups in total. The van der Waals surface area contributed by atoms with Gasteiger partial charge in [0.25, 0.3) is 0 Å². The number of unbranched alkanes of at least 4 members (excludes halogenated alkanes) is 2. The summed E-state index contributed by atoms with van der Waals surface area (Å²) in [7, 11) is -0.215. The molecule has 0 aromatic heterocycles. The first-order valence-corrected chi connectivity index (χ1v) is 14.8. The van der Waals surface area contributed by atoms with Crippen LogP contribution in [0.15, 0.2) is 84.9 Å². The number of rotatable bonds is 11. The van der Waals surface area contributed by atoms with Gasteiger partial charge in [0.1, 0.15) is 0 Å². The van der Waals surface area contributed by atoms with Crippen molar-refractivity contribution in [2.45, 2.75) is 65.5 Å². The number of nitrogens with zero attached hydrogens (tertiary/aromatic N) is 1. The number of fused-ring (bicyclic) bond motifs is 2. The van der Waals surface area contributed by atoms with E-state index in [2.05, 4.69) is 117 Å². The number of benzene rings is 4. The van der Waals surface area contributed by atoms with Crippen molar-refractivity contribution in [3.8, 4) is 0 Å². The predicted molar refractivity (Wildman–Crippen MR) is 153 cm³/mol. The van der Waals surface area contributed by atoms with Crippen LogP contribution in [-0.4, -0.2) is 17.0 Å². The summed E-state index contributed by atoms with van der Waals surface area (Å²) < 4.78 is 2.90. The molecule has 1 nitrogen and oxygen atoms in total. The third kappa shape index (κ3) is 5.70. The minimum Gasteiger partial charge on any atom is -0.268 e. The van der Waals surface area contributed by atoms with Crippen LogP contribution in [0.1, 0.15) is 76.6 Å². The van der Waals surface area contributed by atoms with Gasteiger partial charge in [-0.2, -0.15) is 0 Å². The Labute approximate surface area is 208 Å². The second-order valence-corrected chi connectivity index (χ2v) is 12.0. The molecule has 0 heterocycles. The lowest BCUT2D eigenvalue weighted by molar-refractivity contribution is 0.297. The van der Waals surface area contributed by atoms with Crippen LogP contribution < -0.4 is 0 Å². The van der Waals surface area contributed by atoms with Gasteiger partial charge >= 0.3 is 0 Å². The zero-order valence-corrected chi connectivity index (χ0v) is 22.3. The van der Waals surface area contributed by atoms with Crippen molar-refractivity contribution in [2.75, 3.05) is 12.3 Å². The third-order valence-electron chi connectivity index (χ3n) is 7.17. The second-order valence-electron chi connectivity index (χ2n) is 9.61. The molecule has 178 valence electrons. The van der Waals surface area contributed by atoms with Crippen molar-refractivity contribution < 1.29 is 0 Å². The SMILES string of the molecule is CCCCP(CCCC)N([C@@H](C)c1ccc2ccccc2c1)[C@@H](C)c1ccc2ccccc2c1. The van der Waals surface area contributed by atoms with Gasteiger partial charge in [-0.25, -0.2) is 0 Å². The van der Waals surface area contributed by atoms with E-state index in [1.165, 1.54) is 70.7 Å². The molecule has 4 aromatic carbocycles. The van der Waals surface area contributed by atoms with Crippen LogP contribution in [-0.2, 0) is 0 Å². The van der Waals surface area contributed by atoms with Gasteiger partial charge in [0.05, 0.1) is 0 Å². The first-order valence-electron chi connectivity index (χ1n) is 13.1. The molecular formula is C32H40NP. The molecular weight excluding hydrogens is 429 g/mol. The molecule has 0 saturated heterocycles. The summed E-state index contributed by atoms with van der Waals surface area (Å²) in [5, 5.41) is 5.34. The van der Waals surface area contributed by atoms with Crippen LogP contribution in [0.3, 0.4) is 0 Å². The van der Waals surface area contributed by atoms with Gasteiger partial charge in [-0.1, -0.05) is 99.5 Å². The standard InChI is InChI=1S/C32H40NP/c1-5-7-21-34(22-8-6-2)33(25(3)29-19-17-27-13-9-11-15-31(27)23-29)26(4)30-20-18-28-14-10-12-16-32(28)24-30/h9-20,23-26H,5-8,21-22H2,1-4H3/t25-,26-/m0/s1. The Morgan fingerprint density at radius 3 is 1.41 bits per heavy atom. The van der Waals surface area contributed by atoms with Crippen molar-refractivity contribution in [1.82, 2.24) is 4.67 Å². The molecule has 0 fully saturated rings. The molecule has 0 bridgehead atoms. The number of hydrogen-bond acceptors (Lipinski definition) is 1. The normalized spacial score (nSPS) is 13.7. The van der Waals surface area contributed by atoms with E-state index in [0.29, 0.717) is 12.1 Å². The van der Waals surface area contributed by atoms with Gasteiger partial charge in [-0.15, -0.1) is 0 Å². The molecule has 0 saturated carbocycles. The first kappa shape index (κ1) is 24.9. The first-order chi connectivity index (χ1) is 16.6. The molecule has 2 atom stereocenters. The largest absolute Gasteiger partial charge is 0.268 e. The van der Waals surface area contributed by atoms with Gasteiger partial charge in [0, 0.05) is 12.1 Å². The quantitative estimate of drug-likeness (QED) is 0.197. The van der Waals surface area contributed by atoms with Crippen LogP contribution in [0.2, 0.25) is 0 Å². The predicted octanol–water partition coefficient (Wildman–Crippen LogP) is 10.1. The topological polar surface area (TPSA) is 3.24 Å². The highest BCUT2D eigenvalue weighted by molar-refractivity contribution is 7.55. The van der Waals surface area contributed by atoms with Gasteiger partial charge < -0.3 is 0 Å². The lowest BCUT2D eigenvalue weighted by Gasteiger charge is -2.42. The van der Waals surface area contributed by atoms with Crippen LogP contribution in [0.5, 0.6) is 0 Å². The minimum absolute atomic E-state index is 0.215. The van der Waals surface area contributed by atoms with Gasteiger partial charge in [-0.05, 0) is 91.9 Å². The van der Waals surface area contributed by atoms with E-state index in [-0.39, 0.29) is 8.07 Å². The second kappa shape index (κ2) is 12.0. The molecule has 0 spiro atoms. The van der Waals surface area contributed by atoms with Crippen molar-refractivity contribution >= 4 is 29.6 Å². The number of hydrogen-bond donors (Lipinski definition) is 0. The fourth-order valence-corrected chi connectivity index (χ4v) is 8.38. The summed E-state index contributed by atoms with van der Waals surface area (Å²) in [6, 6.07) is 32.5.